The van der Waals surface area contributed by atoms with E-state index in [1.165, 1.54) is 17.7 Å². The van der Waals surface area contributed by atoms with E-state index in [4.69, 9.17) is 10.8 Å². The zero-order valence-electron chi connectivity index (χ0n) is 21.9. The quantitative estimate of drug-likeness (QED) is 0.322. The highest BCUT2D eigenvalue weighted by Crippen LogP contribution is 2.17. The van der Waals surface area contributed by atoms with Crippen LogP contribution in [-0.4, -0.2) is 54.0 Å². The van der Waals surface area contributed by atoms with E-state index in [2.05, 4.69) is 32.2 Å². The van der Waals surface area contributed by atoms with Gasteiger partial charge in [0.1, 0.15) is 11.9 Å². The number of likely N-dealkylation sites (tertiary alicyclic amines) is 1. The highest BCUT2D eigenvalue weighted by atomic mass is 19.1. The van der Waals surface area contributed by atoms with Gasteiger partial charge in [0.05, 0.1) is 12.1 Å². The molecule has 1 heterocycles. The minimum atomic E-state index is -0.446. The lowest BCUT2D eigenvalue weighted by molar-refractivity contribution is -0.131. The Balaban J connectivity index is 0. The summed E-state index contributed by atoms with van der Waals surface area (Å²) in [6, 6.07) is 8.52. The molecule has 1 saturated heterocycles. The van der Waals surface area contributed by atoms with Crippen LogP contribution in [0.5, 0.6) is 0 Å². The summed E-state index contributed by atoms with van der Waals surface area (Å²) in [6.45, 7) is 17.2. The summed E-state index contributed by atoms with van der Waals surface area (Å²) < 4.78 is 12.5. The second-order valence-corrected chi connectivity index (χ2v) is 7.50. The molecule has 2 rings (SSSR count). The van der Waals surface area contributed by atoms with E-state index in [9.17, 15) is 9.18 Å². The van der Waals surface area contributed by atoms with Crippen LogP contribution in [0.15, 0.2) is 55.1 Å². The van der Waals surface area contributed by atoms with Crippen LogP contribution < -0.4 is 5.73 Å². The molecule has 1 amide bonds. The fraction of sp³-hybridized carbons (Fsp3) is 0.464. The van der Waals surface area contributed by atoms with Crippen LogP contribution in [0.1, 0.15) is 58.9 Å². The average molecular weight is 474 g/mol. The normalized spacial score (nSPS) is 12.7. The number of halogens is 1. The molecule has 0 aromatic heterocycles. The number of carbonyl (C=O) groups is 1. The van der Waals surface area contributed by atoms with E-state index >= 15 is 0 Å². The van der Waals surface area contributed by atoms with Crippen LogP contribution in [0.3, 0.4) is 0 Å². The summed E-state index contributed by atoms with van der Waals surface area (Å²) >= 11 is 0. The minimum Gasteiger partial charge on any atom is -0.461 e. The van der Waals surface area contributed by atoms with Gasteiger partial charge >= 0.3 is 0 Å². The van der Waals surface area contributed by atoms with E-state index in [0.29, 0.717) is 6.42 Å². The molecule has 1 fully saturated rings. The largest absolute Gasteiger partial charge is 0.461 e. The zero-order chi connectivity index (χ0) is 26.5. The van der Waals surface area contributed by atoms with E-state index in [1.807, 2.05) is 37.8 Å². The van der Waals surface area contributed by atoms with Crippen LogP contribution in [0.4, 0.5) is 4.39 Å². The third-order valence-corrected chi connectivity index (χ3v) is 4.72. The Morgan fingerprint density at radius 2 is 1.79 bits per heavy atom. The molecular weight excluding hydrogens is 429 g/mol. The van der Waals surface area contributed by atoms with E-state index < -0.39 is 6.04 Å². The van der Waals surface area contributed by atoms with Gasteiger partial charge in [0.25, 0.3) is 0 Å². The highest BCUT2D eigenvalue weighted by Gasteiger charge is 2.23. The first-order valence-corrected chi connectivity index (χ1v) is 11.8. The maximum atomic E-state index is 12.5. The van der Waals surface area contributed by atoms with Gasteiger partial charge in [-0.15, -0.1) is 0 Å². The molecule has 0 bridgehead atoms. The van der Waals surface area contributed by atoms with Gasteiger partial charge in [-0.3, -0.25) is 4.79 Å². The molecule has 3 N–H and O–H groups in total. The Hall–Kier alpha value is -3.04. The van der Waals surface area contributed by atoms with Crippen molar-refractivity contribution in [2.45, 2.75) is 59.4 Å². The summed E-state index contributed by atoms with van der Waals surface area (Å²) in [5.74, 6) is -0.129. The fourth-order valence-corrected chi connectivity index (χ4v) is 2.96. The Bertz CT molecular complexity index is 799. The van der Waals surface area contributed by atoms with Gasteiger partial charge in [-0.05, 0) is 55.9 Å². The molecule has 190 valence electrons. The van der Waals surface area contributed by atoms with Gasteiger partial charge in [-0.2, -0.15) is 0 Å². The lowest BCUT2D eigenvalue weighted by Gasteiger charge is -2.20. The molecule has 1 aromatic carbocycles. The third kappa shape index (κ3) is 14.9. The molecular formula is C28H44FN3O2. The zero-order valence-corrected chi connectivity index (χ0v) is 21.9. The standard InChI is InChI=1S/C11H13F.C11H18N2O.C4H7NO.C2H6/c1-3-9(4-2)10-5-7-11(12)8-6-10;1-3-9(2)8-10(12)11(14)13-6-4-5-7-13;1-5(2)3-4-6;1-2/h3,5-8H,4H2,1-2H3;3,10H,1-2,4-8,12H2;6H,1-2H3;1-2H3/b9-3+;;;/t;10-;;/m.0../s1. The molecule has 1 atom stereocenters. The summed E-state index contributed by atoms with van der Waals surface area (Å²) in [5.41, 5.74) is 8.97. The number of aliphatic hydroxyl groups is 1. The number of benzene rings is 1. The van der Waals surface area contributed by atoms with Crippen molar-refractivity contribution in [1.82, 2.24) is 9.80 Å². The molecule has 1 aliphatic heterocycles. The maximum absolute atomic E-state index is 12.5. The summed E-state index contributed by atoms with van der Waals surface area (Å²) in [7, 11) is 3.51. The van der Waals surface area contributed by atoms with Gasteiger partial charge in [0.15, 0.2) is 0 Å². The van der Waals surface area contributed by atoms with Gasteiger partial charge < -0.3 is 20.6 Å². The molecule has 1 aliphatic rings. The smallest absolute Gasteiger partial charge is 0.239 e. The van der Waals surface area contributed by atoms with Crippen molar-refractivity contribution in [2.75, 3.05) is 27.2 Å². The molecule has 0 saturated carbocycles. The number of amides is 1. The van der Waals surface area contributed by atoms with Crippen LogP contribution in [0, 0.1) is 18.0 Å². The van der Waals surface area contributed by atoms with Crippen LogP contribution >= 0.6 is 0 Å². The number of hydrogen-bond acceptors (Lipinski definition) is 4. The van der Waals surface area contributed by atoms with Gasteiger partial charge in [0, 0.05) is 27.2 Å². The van der Waals surface area contributed by atoms with Crippen LogP contribution in [0.2, 0.25) is 0 Å². The van der Waals surface area contributed by atoms with Gasteiger partial charge in [-0.25, -0.2) is 4.39 Å². The Labute approximate surface area is 206 Å². The first-order valence-electron chi connectivity index (χ1n) is 11.8. The topological polar surface area (TPSA) is 69.8 Å². The number of rotatable bonds is 6. The Morgan fingerprint density at radius 3 is 2.15 bits per heavy atom. The van der Waals surface area contributed by atoms with Gasteiger partial charge in [0.2, 0.25) is 5.91 Å². The summed E-state index contributed by atoms with van der Waals surface area (Å²) in [5, 5.41) is 7.83. The molecule has 0 radical (unpaired) electrons. The number of aliphatic hydroxyl groups excluding tert-OH is 1. The first kappa shape index (κ1) is 33.1. The van der Waals surface area contributed by atoms with E-state index in [1.54, 1.807) is 31.2 Å². The van der Waals surface area contributed by atoms with E-state index in [-0.39, 0.29) is 11.7 Å². The molecule has 0 aliphatic carbocycles. The van der Waals surface area contributed by atoms with Crippen molar-refractivity contribution in [3.63, 3.8) is 0 Å². The minimum absolute atomic E-state index is 0.0468. The SMILES string of the molecule is C/C=C(\CC)c1ccc(F)cc1.C=CC(=C)C[C@H](N)C(=O)N1CCCC1.CC.CN(C)C#CO. The highest BCUT2D eigenvalue weighted by molar-refractivity contribution is 5.82. The van der Waals surface area contributed by atoms with Crippen molar-refractivity contribution >= 4 is 11.5 Å². The molecule has 6 heteroatoms. The molecule has 5 nitrogen and oxygen atoms in total. The monoisotopic (exact) mass is 473 g/mol. The van der Waals surface area contributed by atoms with Crippen molar-refractivity contribution in [3.05, 3.63) is 66.5 Å². The van der Waals surface area contributed by atoms with Gasteiger partial charge in [-0.1, -0.05) is 63.8 Å². The number of carbonyl (C=O) groups excluding carboxylic acids is 1. The van der Waals surface area contributed by atoms with Crippen LogP contribution in [-0.2, 0) is 4.79 Å². The number of allylic oxidation sites excluding steroid dienone is 3. The molecule has 0 unspecified atom stereocenters. The molecule has 1 aromatic rings. The predicted molar refractivity (Wildman–Crippen MR) is 143 cm³/mol. The van der Waals surface area contributed by atoms with Crippen molar-refractivity contribution in [1.29, 1.82) is 0 Å². The van der Waals surface area contributed by atoms with Crippen molar-refractivity contribution < 1.29 is 14.3 Å². The summed E-state index contributed by atoms with van der Waals surface area (Å²) in [4.78, 5) is 15.1. The third-order valence-electron chi connectivity index (χ3n) is 4.72. The second kappa shape index (κ2) is 20.6. The predicted octanol–water partition coefficient (Wildman–Crippen LogP) is 5.57. The molecule has 34 heavy (non-hydrogen) atoms. The molecule has 0 spiro atoms. The maximum Gasteiger partial charge on any atom is 0.239 e. The average Bonchev–Trinajstić information content (AvgIpc) is 3.37. The number of hydrogen-bond donors (Lipinski definition) is 2. The summed E-state index contributed by atoms with van der Waals surface area (Å²) in [6.07, 6.45) is 9.15. The van der Waals surface area contributed by atoms with Crippen molar-refractivity contribution in [3.8, 4) is 12.2 Å². The number of nitrogens with two attached hydrogens (primary N) is 1. The Kier molecular flexibility index (Phi) is 20.0. The first-order chi connectivity index (χ1) is 16.2. The lowest BCUT2D eigenvalue weighted by Crippen LogP contribution is -2.42. The Morgan fingerprint density at radius 1 is 1.26 bits per heavy atom. The number of nitrogens with zero attached hydrogens (tertiary/aromatic N) is 2. The second-order valence-electron chi connectivity index (χ2n) is 7.50. The lowest BCUT2D eigenvalue weighted by atomic mass is 10.0. The van der Waals surface area contributed by atoms with Crippen molar-refractivity contribution in [2.24, 2.45) is 5.73 Å². The fourth-order valence-electron chi connectivity index (χ4n) is 2.96. The van der Waals surface area contributed by atoms with Crippen LogP contribution in [0.25, 0.3) is 5.57 Å². The van der Waals surface area contributed by atoms with E-state index in [0.717, 1.165) is 43.5 Å².